The Labute approximate surface area is 123 Å². The third kappa shape index (κ3) is 3.68. The van der Waals surface area contributed by atoms with Gasteiger partial charge in [-0.25, -0.2) is 0 Å². The molecule has 0 fully saturated rings. The summed E-state index contributed by atoms with van der Waals surface area (Å²) in [6.07, 6.45) is 2.29. The molecule has 1 unspecified atom stereocenters. The fourth-order valence-electron chi connectivity index (χ4n) is 2.02. The summed E-state index contributed by atoms with van der Waals surface area (Å²) >= 11 is 3.57. The molecule has 0 amide bonds. The second kappa shape index (κ2) is 6.36. The van der Waals surface area contributed by atoms with E-state index >= 15 is 0 Å². The summed E-state index contributed by atoms with van der Waals surface area (Å²) in [4.78, 5) is 5.11. The van der Waals surface area contributed by atoms with Gasteiger partial charge in [0.15, 0.2) is 0 Å². The van der Waals surface area contributed by atoms with Gasteiger partial charge in [0.05, 0.1) is 0 Å². The summed E-state index contributed by atoms with van der Waals surface area (Å²) in [7, 11) is 0. The minimum absolute atomic E-state index is 0.539. The topological polar surface area (TPSA) is 23.8 Å². The van der Waals surface area contributed by atoms with Gasteiger partial charge in [-0.2, -0.15) is 5.26 Å². The monoisotopic (exact) mass is 289 g/mol. The van der Waals surface area contributed by atoms with Gasteiger partial charge < -0.3 is 0 Å². The average molecular weight is 289 g/mol. The summed E-state index contributed by atoms with van der Waals surface area (Å²) < 4.78 is 0. The van der Waals surface area contributed by atoms with Crippen molar-refractivity contribution < 1.29 is 0 Å². The van der Waals surface area contributed by atoms with Crippen LogP contribution in [0.1, 0.15) is 58.5 Å². The first-order valence-corrected chi connectivity index (χ1v) is 8.32. The lowest BCUT2D eigenvalue weighted by molar-refractivity contribution is 0.696. The van der Waals surface area contributed by atoms with E-state index in [1.54, 1.807) is 11.3 Å². The van der Waals surface area contributed by atoms with Crippen molar-refractivity contribution in [1.82, 2.24) is 0 Å². The van der Waals surface area contributed by atoms with Crippen molar-refractivity contribution in [3.63, 3.8) is 0 Å². The van der Waals surface area contributed by atoms with Gasteiger partial charge in [-0.05, 0) is 48.9 Å². The Morgan fingerprint density at radius 1 is 1.05 bits per heavy atom. The molecule has 2 aromatic rings. The lowest BCUT2D eigenvalue weighted by Gasteiger charge is -2.07. The van der Waals surface area contributed by atoms with Crippen LogP contribution in [0.25, 0.3) is 0 Å². The van der Waals surface area contributed by atoms with Crippen molar-refractivity contribution in [2.24, 2.45) is 0 Å². The molecule has 0 saturated carbocycles. The van der Waals surface area contributed by atoms with Crippen molar-refractivity contribution in [3.8, 4) is 6.07 Å². The predicted molar refractivity (Wildman–Crippen MR) is 84.2 cm³/mol. The van der Waals surface area contributed by atoms with E-state index < -0.39 is 0 Å². The SMILES string of the molecule is CC(C)c1ccc(CCC(C)c2ccc(C#N)s2)s1. The van der Waals surface area contributed by atoms with Crippen LogP contribution in [0.2, 0.25) is 0 Å². The first-order valence-electron chi connectivity index (χ1n) is 6.68. The second-order valence-electron chi connectivity index (χ2n) is 5.21. The number of hydrogen-bond donors (Lipinski definition) is 0. The third-order valence-electron chi connectivity index (χ3n) is 3.30. The molecule has 0 aliphatic rings. The Balaban J connectivity index is 1.92. The third-order valence-corrected chi connectivity index (χ3v) is 5.96. The fourth-order valence-corrected chi connectivity index (χ4v) is 3.94. The van der Waals surface area contributed by atoms with Crippen LogP contribution in [-0.2, 0) is 6.42 Å². The number of thiophene rings is 2. The highest BCUT2D eigenvalue weighted by Crippen LogP contribution is 2.30. The second-order valence-corrected chi connectivity index (χ2v) is 7.53. The van der Waals surface area contributed by atoms with Gasteiger partial charge in [0, 0.05) is 14.6 Å². The van der Waals surface area contributed by atoms with E-state index in [1.807, 2.05) is 17.4 Å². The van der Waals surface area contributed by atoms with Crippen molar-refractivity contribution in [3.05, 3.63) is 43.8 Å². The molecule has 1 atom stereocenters. The zero-order chi connectivity index (χ0) is 13.8. The zero-order valence-electron chi connectivity index (χ0n) is 11.6. The van der Waals surface area contributed by atoms with Crippen LogP contribution in [0.15, 0.2) is 24.3 Å². The Kier molecular flexibility index (Phi) is 4.79. The number of hydrogen-bond acceptors (Lipinski definition) is 3. The first kappa shape index (κ1) is 14.3. The summed E-state index contributed by atoms with van der Waals surface area (Å²) in [6.45, 7) is 6.74. The Hall–Kier alpha value is -1.11. The molecule has 1 nitrogen and oxygen atoms in total. The molecule has 0 aromatic carbocycles. The minimum atomic E-state index is 0.539. The first-order chi connectivity index (χ1) is 9.10. The van der Waals surface area contributed by atoms with Gasteiger partial charge in [0.2, 0.25) is 0 Å². The Morgan fingerprint density at radius 3 is 2.37 bits per heavy atom. The van der Waals surface area contributed by atoms with E-state index in [9.17, 15) is 0 Å². The van der Waals surface area contributed by atoms with E-state index in [1.165, 1.54) is 14.6 Å². The van der Waals surface area contributed by atoms with Gasteiger partial charge in [-0.15, -0.1) is 22.7 Å². The summed E-state index contributed by atoms with van der Waals surface area (Å²) in [5.41, 5.74) is 0. The molecule has 0 aliphatic heterocycles. The number of nitrogens with zero attached hydrogens (tertiary/aromatic N) is 1. The molecular formula is C16H19NS2. The van der Waals surface area contributed by atoms with Gasteiger partial charge in [0.1, 0.15) is 10.9 Å². The molecule has 0 saturated heterocycles. The van der Waals surface area contributed by atoms with Crippen molar-refractivity contribution in [1.29, 1.82) is 5.26 Å². The lowest BCUT2D eigenvalue weighted by Crippen LogP contribution is -1.92. The van der Waals surface area contributed by atoms with E-state index in [-0.39, 0.29) is 0 Å². The van der Waals surface area contributed by atoms with Gasteiger partial charge in [0.25, 0.3) is 0 Å². The van der Waals surface area contributed by atoms with E-state index in [0.29, 0.717) is 11.8 Å². The lowest BCUT2D eigenvalue weighted by atomic mass is 10.0. The maximum absolute atomic E-state index is 8.86. The van der Waals surface area contributed by atoms with Crippen LogP contribution in [0.3, 0.4) is 0 Å². The minimum Gasteiger partial charge on any atom is -0.192 e. The zero-order valence-corrected chi connectivity index (χ0v) is 13.3. The summed E-state index contributed by atoms with van der Waals surface area (Å²) in [5.74, 6) is 1.17. The van der Waals surface area contributed by atoms with E-state index in [0.717, 1.165) is 17.7 Å². The highest BCUT2D eigenvalue weighted by atomic mass is 32.1. The molecule has 19 heavy (non-hydrogen) atoms. The van der Waals surface area contributed by atoms with Gasteiger partial charge in [-0.3, -0.25) is 0 Å². The van der Waals surface area contributed by atoms with Crippen molar-refractivity contribution in [2.75, 3.05) is 0 Å². The molecule has 100 valence electrons. The van der Waals surface area contributed by atoms with Gasteiger partial charge in [-0.1, -0.05) is 20.8 Å². The normalized spacial score (nSPS) is 12.6. The van der Waals surface area contributed by atoms with Crippen LogP contribution in [0.5, 0.6) is 0 Å². The van der Waals surface area contributed by atoms with Crippen LogP contribution < -0.4 is 0 Å². The molecule has 2 heterocycles. The fraction of sp³-hybridized carbons (Fsp3) is 0.438. The number of aryl methyl sites for hydroxylation is 1. The number of rotatable bonds is 5. The predicted octanol–water partition coefficient (Wildman–Crippen LogP) is 5.54. The summed E-state index contributed by atoms with van der Waals surface area (Å²) in [5, 5.41) is 8.86. The molecular weight excluding hydrogens is 270 g/mol. The molecule has 0 spiro atoms. The maximum Gasteiger partial charge on any atom is 0.110 e. The van der Waals surface area contributed by atoms with Crippen LogP contribution in [-0.4, -0.2) is 0 Å². The van der Waals surface area contributed by atoms with Crippen molar-refractivity contribution >= 4 is 22.7 Å². The molecule has 3 heteroatoms. The maximum atomic E-state index is 8.86. The highest BCUT2D eigenvalue weighted by Gasteiger charge is 2.10. The quantitative estimate of drug-likeness (QED) is 0.709. The van der Waals surface area contributed by atoms with Crippen LogP contribution in [0, 0.1) is 11.3 Å². The molecule has 0 bridgehead atoms. The Morgan fingerprint density at radius 2 is 1.79 bits per heavy atom. The standard InChI is InChI=1S/C16H19NS2/c1-11(2)15-8-6-13(18-15)5-4-12(3)16-9-7-14(10-17)19-16/h6-9,11-12H,4-5H2,1-3H3. The van der Waals surface area contributed by atoms with E-state index in [4.69, 9.17) is 5.26 Å². The Bertz CT molecular complexity index is 572. The summed E-state index contributed by atoms with van der Waals surface area (Å²) in [6, 6.07) is 10.8. The largest absolute Gasteiger partial charge is 0.192 e. The molecule has 0 radical (unpaired) electrons. The smallest absolute Gasteiger partial charge is 0.110 e. The highest BCUT2D eigenvalue weighted by molar-refractivity contribution is 7.12. The average Bonchev–Trinajstić information content (AvgIpc) is 3.04. The van der Waals surface area contributed by atoms with Gasteiger partial charge >= 0.3 is 0 Å². The molecule has 2 aromatic heterocycles. The van der Waals surface area contributed by atoms with E-state index in [2.05, 4.69) is 45.0 Å². The van der Waals surface area contributed by atoms with Crippen LogP contribution >= 0.6 is 22.7 Å². The molecule has 2 rings (SSSR count). The number of nitriles is 1. The van der Waals surface area contributed by atoms with Crippen LogP contribution in [0.4, 0.5) is 0 Å². The molecule has 0 N–H and O–H groups in total. The van der Waals surface area contributed by atoms with Crippen molar-refractivity contribution in [2.45, 2.75) is 45.4 Å². The molecule has 0 aliphatic carbocycles.